The molecular formula is C24H29N6O3P. The van der Waals surface area contributed by atoms with E-state index >= 15 is 0 Å². The molecular weight excluding hydrogens is 451 g/mol. The van der Waals surface area contributed by atoms with E-state index in [9.17, 15) is 10.1 Å². The molecule has 0 aliphatic carbocycles. The summed E-state index contributed by atoms with van der Waals surface area (Å²) in [7, 11) is 1.48. The molecule has 178 valence electrons. The van der Waals surface area contributed by atoms with Gasteiger partial charge in [0, 0.05) is 56.1 Å². The molecule has 0 radical (unpaired) electrons. The highest BCUT2D eigenvalue weighted by Gasteiger charge is 2.48. The molecule has 3 heterocycles. The second kappa shape index (κ2) is 8.34. The minimum atomic E-state index is -2.59. The molecule has 1 unspecified atom stereocenters. The summed E-state index contributed by atoms with van der Waals surface area (Å²) in [6.07, 6.45) is 1.95. The molecule has 3 aliphatic rings. The van der Waals surface area contributed by atoms with Crippen LogP contribution in [0.2, 0.25) is 0 Å². The number of non-ortho nitro benzene ring substituents is 1. The number of allylic oxidation sites excluding steroid dienone is 2. The fourth-order valence-electron chi connectivity index (χ4n) is 5.28. The van der Waals surface area contributed by atoms with E-state index in [2.05, 4.69) is 54.7 Å². The molecule has 34 heavy (non-hydrogen) atoms. The number of fused-ring (bicyclic) bond motifs is 1. The molecule has 1 saturated heterocycles. The number of morpholine rings is 1. The van der Waals surface area contributed by atoms with Gasteiger partial charge in [-0.1, -0.05) is 38.1 Å². The first-order valence-electron chi connectivity index (χ1n) is 11.3. The van der Waals surface area contributed by atoms with E-state index in [1.807, 2.05) is 24.1 Å². The van der Waals surface area contributed by atoms with Crippen LogP contribution in [0, 0.1) is 10.1 Å². The number of benzene rings is 2. The molecule has 1 fully saturated rings. The number of hydrogen-bond acceptors (Lipinski definition) is 6. The van der Waals surface area contributed by atoms with Crippen LogP contribution >= 0.6 is 7.36 Å². The number of nitro benzene ring substituents is 1. The van der Waals surface area contributed by atoms with Gasteiger partial charge in [0.15, 0.2) is 7.36 Å². The Balaban J connectivity index is 1.80. The lowest BCUT2D eigenvalue weighted by Gasteiger charge is -2.41. The summed E-state index contributed by atoms with van der Waals surface area (Å²) in [5.41, 5.74) is 3.96. The Hall–Kier alpha value is -3.00. The average molecular weight is 481 g/mol. The van der Waals surface area contributed by atoms with Crippen LogP contribution in [0.1, 0.15) is 19.4 Å². The van der Waals surface area contributed by atoms with Gasteiger partial charge in [0.05, 0.1) is 35.4 Å². The summed E-state index contributed by atoms with van der Waals surface area (Å²) < 4.78 is 15.3. The van der Waals surface area contributed by atoms with Gasteiger partial charge < -0.3 is 9.64 Å². The first-order valence-corrected chi connectivity index (χ1v) is 13.0. The van der Waals surface area contributed by atoms with Crippen LogP contribution in [0.15, 0.2) is 69.4 Å². The molecule has 1 atom stereocenters. The number of nitro groups is 1. The van der Waals surface area contributed by atoms with E-state index < -0.39 is 7.36 Å². The number of para-hydroxylation sites is 1. The van der Waals surface area contributed by atoms with Gasteiger partial charge >= 0.3 is 0 Å². The molecule has 0 aromatic heterocycles. The first kappa shape index (κ1) is 22.8. The number of hydrazone groups is 1. The summed E-state index contributed by atoms with van der Waals surface area (Å²) >= 11 is 0. The summed E-state index contributed by atoms with van der Waals surface area (Å²) in [5.74, 6) is 0. The predicted octanol–water partition coefficient (Wildman–Crippen LogP) is 5.16. The first-order chi connectivity index (χ1) is 16.3. The van der Waals surface area contributed by atoms with Gasteiger partial charge in [0.25, 0.3) is 5.69 Å². The molecule has 9 nitrogen and oxygen atoms in total. The van der Waals surface area contributed by atoms with E-state index in [0.29, 0.717) is 32.0 Å². The van der Waals surface area contributed by atoms with Gasteiger partial charge in [-0.05, 0) is 17.7 Å². The number of nitrogens with zero attached hydrogens (tertiary/aromatic N) is 6. The van der Waals surface area contributed by atoms with Crippen LogP contribution in [-0.4, -0.2) is 61.0 Å². The summed E-state index contributed by atoms with van der Waals surface area (Å²) in [6.45, 7) is 7.14. The minimum Gasteiger partial charge on any atom is -0.379 e. The lowest BCUT2D eigenvalue weighted by molar-refractivity contribution is -0.384. The standard InChI is InChI=1S/C24H29N6O3P/c1-24(2)20-10-5-6-11-21(20)27(3)23(24)22-17-25-28(4)34(22,29-12-14-33-15-13-29)26-18-8-7-9-19(16-18)30(31)32/h5-11,16-17H,12-15H2,1-4H3/b23-22-. The van der Waals surface area contributed by atoms with Crippen molar-refractivity contribution in [3.8, 4) is 0 Å². The Morgan fingerprint density at radius 3 is 2.56 bits per heavy atom. The van der Waals surface area contributed by atoms with E-state index in [0.717, 1.165) is 11.0 Å². The Kier molecular flexibility index (Phi) is 5.59. The minimum absolute atomic E-state index is 0.0315. The van der Waals surface area contributed by atoms with Crippen molar-refractivity contribution in [2.24, 2.45) is 9.85 Å². The topological polar surface area (TPSA) is 86.8 Å². The van der Waals surface area contributed by atoms with Crippen LogP contribution in [0.5, 0.6) is 0 Å². The molecule has 0 N–H and O–H groups in total. The quantitative estimate of drug-likeness (QED) is 0.343. The lowest BCUT2D eigenvalue weighted by Crippen LogP contribution is -2.37. The Bertz CT molecular complexity index is 1260. The smallest absolute Gasteiger partial charge is 0.271 e. The zero-order valence-corrected chi connectivity index (χ0v) is 20.8. The largest absolute Gasteiger partial charge is 0.379 e. The van der Waals surface area contributed by atoms with E-state index in [-0.39, 0.29) is 16.0 Å². The van der Waals surface area contributed by atoms with Gasteiger partial charge in [0.2, 0.25) is 0 Å². The van der Waals surface area contributed by atoms with Gasteiger partial charge in [0.1, 0.15) is 0 Å². The van der Waals surface area contributed by atoms with Crippen molar-refractivity contribution in [1.29, 1.82) is 0 Å². The third-order valence-corrected chi connectivity index (χ3v) is 10.4. The zero-order chi connectivity index (χ0) is 24.1. The maximum absolute atomic E-state index is 11.5. The maximum Gasteiger partial charge on any atom is 0.271 e. The monoisotopic (exact) mass is 480 g/mol. The predicted molar refractivity (Wildman–Crippen MR) is 136 cm³/mol. The fraction of sp³-hybridized carbons (Fsp3) is 0.375. The molecule has 2 aromatic rings. The highest BCUT2D eigenvalue weighted by atomic mass is 31.2. The van der Waals surface area contributed by atoms with Crippen molar-refractivity contribution < 1.29 is 9.66 Å². The molecule has 0 amide bonds. The molecule has 10 heteroatoms. The van der Waals surface area contributed by atoms with E-state index in [1.165, 1.54) is 17.3 Å². The van der Waals surface area contributed by atoms with Crippen LogP contribution in [0.4, 0.5) is 17.1 Å². The molecule has 2 aromatic carbocycles. The van der Waals surface area contributed by atoms with E-state index in [1.54, 1.807) is 12.1 Å². The second-order valence-corrected chi connectivity index (χ2v) is 12.1. The van der Waals surface area contributed by atoms with Gasteiger partial charge in [-0.3, -0.25) is 10.1 Å². The number of likely N-dealkylation sites (N-methyl/N-ethyl adjacent to an activating group) is 1. The van der Waals surface area contributed by atoms with E-state index in [4.69, 9.17) is 14.6 Å². The van der Waals surface area contributed by atoms with Gasteiger partial charge in [-0.25, -0.2) is 14.2 Å². The molecule has 0 bridgehead atoms. The Morgan fingerprint density at radius 1 is 1.12 bits per heavy atom. The second-order valence-electron chi connectivity index (χ2n) is 9.18. The number of hydrogen-bond donors (Lipinski definition) is 0. The normalized spacial score (nSPS) is 26.1. The van der Waals surface area contributed by atoms with Crippen LogP contribution in [-0.2, 0) is 10.2 Å². The molecule has 0 spiro atoms. The van der Waals surface area contributed by atoms with Crippen molar-refractivity contribution in [1.82, 2.24) is 9.45 Å². The molecule has 3 aliphatic heterocycles. The van der Waals surface area contributed by atoms with Crippen LogP contribution in [0.3, 0.4) is 0 Å². The van der Waals surface area contributed by atoms with Crippen molar-refractivity contribution in [3.05, 3.63) is 75.2 Å². The van der Waals surface area contributed by atoms with Crippen molar-refractivity contribution in [3.63, 3.8) is 0 Å². The van der Waals surface area contributed by atoms with Crippen LogP contribution in [0.25, 0.3) is 0 Å². The highest BCUT2D eigenvalue weighted by Crippen LogP contribution is 2.69. The van der Waals surface area contributed by atoms with Crippen molar-refractivity contribution in [2.45, 2.75) is 19.3 Å². The van der Waals surface area contributed by atoms with Gasteiger partial charge in [-0.15, -0.1) is 0 Å². The Morgan fingerprint density at radius 2 is 1.85 bits per heavy atom. The number of rotatable bonds is 3. The van der Waals surface area contributed by atoms with Gasteiger partial charge in [-0.2, -0.15) is 5.10 Å². The summed E-state index contributed by atoms with van der Waals surface area (Å²) in [6, 6.07) is 15.0. The molecule has 5 rings (SSSR count). The zero-order valence-electron chi connectivity index (χ0n) is 19.9. The summed E-state index contributed by atoms with van der Waals surface area (Å²) in [4.78, 5) is 13.3. The number of anilines is 1. The SMILES string of the molecule is CN1/C(=C2/C=NN(C)P2(=Nc2cccc([N+](=O)[O-])c2)N2CCOCC2)C(C)(C)c2ccccc21. The third-order valence-electron chi connectivity index (χ3n) is 6.86. The average Bonchev–Trinajstić information content (AvgIpc) is 3.25. The summed E-state index contributed by atoms with van der Waals surface area (Å²) in [5, 5.41) is 17.3. The highest BCUT2D eigenvalue weighted by molar-refractivity contribution is 7.67. The lowest BCUT2D eigenvalue weighted by atomic mass is 9.84. The number of ether oxygens (including phenoxy) is 1. The molecule has 0 saturated carbocycles. The Labute approximate surface area is 199 Å². The maximum atomic E-state index is 11.5. The fourth-order valence-corrected chi connectivity index (χ4v) is 8.91. The van der Waals surface area contributed by atoms with Crippen LogP contribution < -0.4 is 4.90 Å². The van der Waals surface area contributed by atoms with Crippen molar-refractivity contribution in [2.75, 3.05) is 45.3 Å². The third kappa shape index (κ3) is 3.38. The van der Waals surface area contributed by atoms with Crippen molar-refractivity contribution >= 4 is 30.6 Å².